The predicted octanol–water partition coefficient (Wildman–Crippen LogP) is 3.90. The lowest BCUT2D eigenvalue weighted by molar-refractivity contribution is -0.0140. The molecule has 9 nitrogen and oxygen atoms in total. The molecule has 0 bridgehead atoms. The highest BCUT2D eigenvalue weighted by Crippen LogP contribution is 2.31. The Morgan fingerprint density at radius 3 is 2.66 bits per heavy atom. The third-order valence-corrected chi connectivity index (χ3v) is 5.99. The number of nitrogens with zero attached hydrogens (tertiary/aromatic N) is 6. The number of imidazole rings is 1. The minimum atomic E-state index is -0.330. The van der Waals surface area contributed by atoms with Gasteiger partial charge in [0.15, 0.2) is 17.3 Å². The Hall–Kier alpha value is -2.52. The van der Waals surface area contributed by atoms with Crippen molar-refractivity contribution in [2.45, 2.75) is 83.6 Å². The summed E-state index contributed by atoms with van der Waals surface area (Å²) in [6.45, 7) is 3.12. The summed E-state index contributed by atoms with van der Waals surface area (Å²) in [6, 6.07) is 0. The number of nitrogen functional groups attached to an aromatic ring is 1. The largest absolute Gasteiger partial charge is 0.394 e. The van der Waals surface area contributed by atoms with Crippen LogP contribution < -0.4 is 5.73 Å². The zero-order chi connectivity index (χ0) is 22.3. The van der Waals surface area contributed by atoms with Gasteiger partial charge in [-0.25, -0.2) is 15.0 Å². The Balaban J connectivity index is 1.39. The van der Waals surface area contributed by atoms with Crippen LogP contribution in [0.3, 0.4) is 0 Å². The van der Waals surface area contributed by atoms with Gasteiger partial charge in [-0.05, 0) is 12.8 Å². The van der Waals surface area contributed by atoms with Gasteiger partial charge in [0.2, 0.25) is 0 Å². The van der Waals surface area contributed by atoms with Crippen molar-refractivity contribution in [1.82, 2.24) is 29.3 Å². The maximum atomic E-state index is 9.34. The summed E-state index contributed by atoms with van der Waals surface area (Å²) in [5.74, 6) is 0.854. The van der Waals surface area contributed by atoms with Gasteiger partial charge in [0.05, 0.1) is 30.8 Å². The van der Waals surface area contributed by atoms with E-state index in [0.717, 1.165) is 18.5 Å². The molecule has 1 fully saturated rings. The number of aromatic nitrogens is 6. The third kappa shape index (κ3) is 5.27. The zero-order valence-electron chi connectivity index (χ0n) is 18.9. The molecule has 3 N–H and O–H groups in total. The van der Waals surface area contributed by atoms with Crippen molar-refractivity contribution < 1.29 is 9.84 Å². The molecular weight excluding hydrogens is 406 g/mol. The molecule has 1 saturated heterocycles. The van der Waals surface area contributed by atoms with E-state index in [9.17, 15) is 5.11 Å². The second kappa shape index (κ2) is 10.9. The van der Waals surface area contributed by atoms with Crippen LogP contribution in [0.15, 0.2) is 18.7 Å². The van der Waals surface area contributed by atoms with Gasteiger partial charge in [0.25, 0.3) is 0 Å². The maximum Gasteiger partial charge on any atom is 0.168 e. The Kier molecular flexibility index (Phi) is 7.70. The molecule has 0 aliphatic carbocycles. The highest BCUT2D eigenvalue weighted by Gasteiger charge is 2.28. The fourth-order valence-electron chi connectivity index (χ4n) is 4.14. The van der Waals surface area contributed by atoms with Crippen LogP contribution in [0.1, 0.15) is 70.9 Å². The lowest BCUT2D eigenvalue weighted by Crippen LogP contribution is -2.14. The Morgan fingerprint density at radius 2 is 1.91 bits per heavy atom. The van der Waals surface area contributed by atoms with Crippen LogP contribution in [0.2, 0.25) is 0 Å². The summed E-state index contributed by atoms with van der Waals surface area (Å²) in [5.41, 5.74) is 8.17. The normalized spacial score (nSPS) is 18.7. The zero-order valence-corrected chi connectivity index (χ0v) is 18.9. The summed E-state index contributed by atoms with van der Waals surface area (Å²) < 4.78 is 9.63. The van der Waals surface area contributed by atoms with Crippen LogP contribution in [0.5, 0.6) is 0 Å². The molecule has 3 aromatic heterocycles. The molecule has 4 heterocycles. The number of ether oxygens (including phenoxy) is 1. The molecule has 9 heteroatoms. The van der Waals surface area contributed by atoms with Crippen molar-refractivity contribution in [3.05, 3.63) is 25.1 Å². The van der Waals surface area contributed by atoms with Crippen molar-refractivity contribution in [2.75, 3.05) is 12.3 Å². The molecule has 173 valence electrons. The summed E-state index contributed by atoms with van der Waals surface area (Å²) in [6.07, 6.45) is 17.9. The quantitative estimate of drug-likeness (QED) is 0.410. The Labute approximate surface area is 189 Å². The first kappa shape index (κ1) is 22.7. The van der Waals surface area contributed by atoms with Gasteiger partial charge in [0.1, 0.15) is 11.7 Å². The smallest absolute Gasteiger partial charge is 0.168 e. The Bertz CT molecular complexity index is 1000. The number of anilines is 1. The molecule has 1 radical (unpaired) electrons. The monoisotopic (exact) mass is 440 g/mol. The van der Waals surface area contributed by atoms with Crippen LogP contribution in [0.25, 0.3) is 22.6 Å². The molecule has 0 spiro atoms. The molecule has 4 rings (SSSR count). The summed E-state index contributed by atoms with van der Waals surface area (Å²) >= 11 is 0. The fourth-order valence-corrected chi connectivity index (χ4v) is 4.14. The minimum Gasteiger partial charge on any atom is -0.394 e. The van der Waals surface area contributed by atoms with Gasteiger partial charge in [0, 0.05) is 19.2 Å². The molecular formula is C23H34N7O2. The first-order valence-electron chi connectivity index (χ1n) is 11.8. The van der Waals surface area contributed by atoms with E-state index in [1.54, 1.807) is 12.5 Å². The number of aryl methyl sites for hydroxylation is 1. The SMILES string of the molecule is CCCCCCCCCCn1cc(-c2nc(N)c3ncn(C4[CH]CC(CO)O4)c3n2)cn1. The van der Waals surface area contributed by atoms with Crippen molar-refractivity contribution in [2.24, 2.45) is 0 Å². The standard InChI is InChI=1S/C23H34N7O2/c1-2-3-4-5-6-7-8-9-12-29-14-17(13-26-29)22-27-21(24)20-23(28-22)30(16-25-20)19-11-10-18(15-31)32-19/h11,13-14,16,18-19,31H,2-10,12,15H2,1H3,(H2,24,27,28). The average molecular weight is 441 g/mol. The van der Waals surface area contributed by atoms with E-state index in [2.05, 4.69) is 22.0 Å². The summed E-state index contributed by atoms with van der Waals surface area (Å²) in [5, 5.41) is 13.8. The molecule has 1 aliphatic rings. The van der Waals surface area contributed by atoms with Crippen molar-refractivity contribution in [1.29, 1.82) is 0 Å². The van der Waals surface area contributed by atoms with Gasteiger partial charge < -0.3 is 15.6 Å². The number of hydrogen-bond donors (Lipinski definition) is 2. The molecule has 2 unspecified atom stereocenters. The third-order valence-electron chi connectivity index (χ3n) is 5.99. The van der Waals surface area contributed by atoms with E-state index in [0.29, 0.717) is 29.2 Å². The van der Waals surface area contributed by atoms with Gasteiger partial charge >= 0.3 is 0 Å². The molecule has 2 atom stereocenters. The van der Waals surface area contributed by atoms with Crippen LogP contribution >= 0.6 is 0 Å². The number of aliphatic hydroxyl groups is 1. The number of aliphatic hydroxyl groups excluding tert-OH is 1. The first-order chi connectivity index (χ1) is 15.7. The first-order valence-corrected chi connectivity index (χ1v) is 11.8. The number of rotatable bonds is 12. The molecule has 0 aromatic carbocycles. The van der Waals surface area contributed by atoms with Crippen LogP contribution in [0, 0.1) is 6.42 Å². The van der Waals surface area contributed by atoms with Crippen LogP contribution in [-0.4, -0.2) is 47.1 Å². The van der Waals surface area contributed by atoms with E-state index < -0.39 is 0 Å². The highest BCUT2D eigenvalue weighted by molar-refractivity contribution is 5.83. The predicted molar refractivity (Wildman–Crippen MR) is 123 cm³/mol. The average Bonchev–Trinajstić information content (AvgIpc) is 3.54. The number of unbranched alkanes of at least 4 members (excludes halogenated alkanes) is 7. The molecule has 3 aromatic rings. The second-order valence-corrected chi connectivity index (χ2v) is 8.53. The van der Waals surface area contributed by atoms with Gasteiger partial charge in [-0.1, -0.05) is 51.9 Å². The lowest BCUT2D eigenvalue weighted by atomic mass is 10.1. The van der Waals surface area contributed by atoms with Crippen molar-refractivity contribution in [3.63, 3.8) is 0 Å². The van der Waals surface area contributed by atoms with Crippen LogP contribution in [-0.2, 0) is 11.3 Å². The number of hydrogen-bond acceptors (Lipinski definition) is 7. The minimum absolute atomic E-state index is 0.0138. The fraction of sp³-hybridized carbons (Fsp3) is 0.609. The number of nitrogens with two attached hydrogens (primary N) is 1. The summed E-state index contributed by atoms with van der Waals surface area (Å²) in [4.78, 5) is 13.5. The van der Waals surface area contributed by atoms with E-state index in [-0.39, 0.29) is 18.9 Å². The molecule has 0 amide bonds. The van der Waals surface area contributed by atoms with Gasteiger partial charge in [-0.15, -0.1) is 0 Å². The van der Waals surface area contributed by atoms with Crippen molar-refractivity contribution in [3.8, 4) is 11.4 Å². The van der Waals surface area contributed by atoms with E-state index in [1.807, 2.05) is 21.9 Å². The molecule has 1 aliphatic heterocycles. The Morgan fingerprint density at radius 1 is 1.12 bits per heavy atom. The topological polar surface area (TPSA) is 117 Å². The lowest BCUT2D eigenvalue weighted by Gasteiger charge is -2.14. The van der Waals surface area contributed by atoms with Crippen molar-refractivity contribution >= 4 is 17.0 Å². The van der Waals surface area contributed by atoms with Gasteiger partial charge in [-0.2, -0.15) is 5.10 Å². The van der Waals surface area contributed by atoms with E-state index in [1.165, 1.54) is 44.9 Å². The number of fused-ring (bicyclic) bond motifs is 1. The highest BCUT2D eigenvalue weighted by atomic mass is 16.5. The van der Waals surface area contributed by atoms with Crippen LogP contribution in [0.4, 0.5) is 5.82 Å². The van der Waals surface area contributed by atoms with E-state index >= 15 is 0 Å². The van der Waals surface area contributed by atoms with Gasteiger partial charge in [-0.3, -0.25) is 9.25 Å². The molecule has 32 heavy (non-hydrogen) atoms. The van der Waals surface area contributed by atoms with E-state index in [4.69, 9.17) is 15.5 Å². The maximum absolute atomic E-state index is 9.34. The second-order valence-electron chi connectivity index (χ2n) is 8.53. The molecule has 0 saturated carbocycles. The summed E-state index contributed by atoms with van der Waals surface area (Å²) in [7, 11) is 0.